The zero-order valence-electron chi connectivity index (χ0n) is 10.3. The van der Waals surface area contributed by atoms with Gasteiger partial charge in [-0.2, -0.15) is 12.6 Å². The third kappa shape index (κ3) is 3.72. The molecule has 0 aliphatic rings. The summed E-state index contributed by atoms with van der Waals surface area (Å²) in [5.74, 6) is 2.21. The van der Waals surface area contributed by atoms with Crippen LogP contribution in [0.4, 0.5) is 0 Å². The minimum atomic E-state index is 0.493. The molecule has 1 rings (SSSR count). The van der Waals surface area contributed by atoms with Crippen LogP contribution in [0, 0.1) is 0 Å². The van der Waals surface area contributed by atoms with Crippen LogP contribution in [0.2, 0.25) is 0 Å². The van der Waals surface area contributed by atoms with E-state index in [4.69, 9.17) is 4.74 Å². The molecule has 16 heavy (non-hydrogen) atoms. The van der Waals surface area contributed by atoms with E-state index in [0.29, 0.717) is 5.92 Å². The van der Waals surface area contributed by atoms with E-state index < -0.39 is 0 Å². The van der Waals surface area contributed by atoms with Crippen LogP contribution in [-0.4, -0.2) is 19.5 Å². The average Bonchev–Trinajstić information content (AvgIpc) is 2.29. The van der Waals surface area contributed by atoms with Crippen molar-refractivity contribution >= 4 is 12.6 Å². The van der Waals surface area contributed by atoms with Gasteiger partial charge in [-0.1, -0.05) is 26.0 Å². The molecule has 1 aromatic rings. The average molecular weight is 239 g/mol. The minimum absolute atomic E-state index is 0.493. The summed E-state index contributed by atoms with van der Waals surface area (Å²) < 4.78 is 5.36. The molecule has 0 spiro atoms. The van der Waals surface area contributed by atoms with Crippen LogP contribution < -0.4 is 10.1 Å². The second-order valence-electron chi connectivity index (χ2n) is 4.14. The molecule has 1 aromatic carbocycles. The first-order chi connectivity index (χ1) is 7.69. The lowest BCUT2D eigenvalue weighted by molar-refractivity contribution is 0.407. The van der Waals surface area contributed by atoms with Crippen molar-refractivity contribution in [1.82, 2.24) is 5.32 Å². The third-order valence-electron chi connectivity index (χ3n) is 2.62. The van der Waals surface area contributed by atoms with Crippen LogP contribution >= 0.6 is 12.6 Å². The first kappa shape index (κ1) is 13.4. The first-order valence-electron chi connectivity index (χ1n) is 5.67. The smallest absolute Gasteiger partial charge is 0.122 e. The van der Waals surface area contributed by atoms with Crippen molar-refractivity contribution in [3.8, 4) is 5.75 Å². The SMILES string of the molecule is COc1ccc(CCNCS)cc1C(C)C. The van der Waals surface area contributed by atoms with Crippen molar-refractivity contribution < 1.29 is 4.74 Å². The van der Waals surface area contributed by atoms with Gasteiger partial charge in [0.05, 0.1) is 7.11 Å². The summed E-state index contributed by atoms with van der Waals surface area (Å²) >= 11 is 4.12. The maximum atomic E-state index is 5.36. The minimum Gasteiger partial charge on any atom is -0.496 e. The molecular weight excluding hydrogens is 218 g/mol. The Morgan fingerprint density at radius 2 is 2.12 bits per heavy atom. The van der Waals surface area contributed by atoms with Crippen LogP contribution in [0.15, 0.2) is 18.2 Å². The standard InChI is InChI=1S/C13H21NOS/c1-10(2)12-8-11(6-7-14-9-16)4-5-13(12)15-3/h4-5,8,10,14,16H,6-7,9H2,1-3H3. The predicted molar refractivity (Wildman–Crippen MR) is 72.6 cm³/mol. The van der Waals surface area contributed by atoms with Gasteiger partial charge in [0.2, 0.25) is 0 Å². The molecular formula is C13H21NOS. The molecule has 2 nitrogen and oxygen atoms in total. The predicted octanol–water partition coefficient (Wildman–Crippen LogP) is 2.84. The highest BCUT2D eigenvalue weighted by atomic mass is 32.1. The molecule has 0 amide bonds. The first-order valence-corrected chi connectivity index (χ1v) is 6.30. The second kappa shape index (κ2) is 6.81. The van der Waals surface area contributed by atoms with Gasteiger partial charge in [0.15, 0.2) is 0 Å². The topological polar surface area (TPSA) is 21.3 Å². The van der Waals surface area contributed by atoms with Gasteiger partial charge in [0.1, 0.15) is 5.75 Å². The number of ether oxygens (including phenoxy) is 1. The van der Waals surface area contributed by atoms with E-state index in [-0.39, 0.29) is 0 Å². The Hall–Kier alpha value is -0.670. The van der Waals surface area contributed by atoms with Crippen molar-refractivity contribution in [2.45, 2.75) is 26.2 Å². The van der Waals surface area contributed by atoms with Gasteiger partial charge in [-0.25, -0.2) is 0 Å². The van der Waals surface area contributed by atoms with E-state index in [1.165, 1.54) is 11.1 Å². The van der Waals surface area contributed by atoms with Crippen LogP contribution in [0.1, 0.15) is 30.9 Å². The van der Waals surface area contributed by atoms with Crippen molar-refractivity contribution in [2.24, 2.45) is 0 Å². The van der Waals surface area contributed by atoms with Gasteiger partial charge in [-0.3, -0.25) is 0 Å². The van der Waals surface area contributed by atoms with E-state index in [1.54, 1.807) is 7.11 Å². The Morgan fingerprint density at radius 3 is 2.69 bits per heavy atom. The van der Waals surface area contributed by atoms with Crippen molar-refractivity contribution in [3.05, 3.63) is 29.3 Å². The highest BCUT2D eigenvalue weighted by Crippen LogP contribution is 2.27. The van der Waals surface area contributed by atoms with E-state index in [1.807, 2.05) is 0 Å². The molecule has 0 radical (unpaired) electrons. The molecule has 90 valence electrons. The molecule has 0 bridgehead atoms. The molecule has 0 fully saturated rings. The van der Waals surface area contributed by atoms with Gasteiger partial charge in [0, 0.05) is 5.88 Å². The van der Waals surface area contributed by atoms with E-state index in [2.05, 4.69) is 50.0 Å². The van der Waals surface area contributed by atoms with Crippen LogP contribution in [0.5, 0.6) is 5.75 Å². The quantitative estimate of drug-likeness (QED) is 0.452. The number of rotatable bonds is 6. The van der Waals surface area contributed by atoms with Gasteiger partial charge >= 0.3 is 0 Å². The lowest BCUT2D eigenvalue weighted by Gasteiger charge is -2.13. The normalized spacial score (nSPS) is 10.8. The molecule has 0 saturated heterocycles. The fourth-order valence-corrected chi connectivity index (χ4v) is 1.86. The molecule has 0 atom stereocenters. The number of hydrogen-bond acceptors (Lipinski definition) is 3. The molecule has 3 heteroatoms. The fraction of sp³-hybridized carbons (Fsp3) is 0.538. The van der Waals surface area contributed by atoms with Gasteiger partial charge in [-0.05, 0) is 36.1 Å². The summed E-state index contributed by atoms with van der Waals surface area (Å²) in [6.45, 7) is 5.34. The number of thiol groups is 1. The van der Waals surface area contributed by atoms with E-state index in [0.717, 1.165) is 24.6 Å². The summed E-state index contributed by atoms with van der Waals surface area (Å²) in [7, 11) is 1.73. The number of nitrogens with one attached hydrogen (secondary N) is 1. The zero-order valence-corrected chi connectivity index (χ0v) is 11.2. The van der Waals surface area contributed by atoms with Crippen LogP contribution in [0.3, 0.4) is 0 Å². The van der Waals surface area contributed by atoms with Crippen molar-refractivity contribution in [3.63, 3.8) is 0 Å². The molecule has 0 heterocycles. The van der Waals surface area contributed by atoms with Gasteiger partial charge < -0.3 is 10.1 Å². The van der Waals surface area contributed by atoms with Gasteiger partial charge in [-0.15, -0.1) is 0 Å². The Bertz CT molecular complexity index is 326. The highest BCUT2D eigenvalue weighted by Gasteiger charge is 2.07. The number of methoxy groups -OCH3 is 1. The molecule has 0 unspecified atom stereocenters. The summed E-state index contributed by atoms with van der Waals surface area (Å²) in [6.07, 6.45) is 1.03. The van der Waals surface area contributed by atoms with Crippen molar-refractivity contribution in [1.29, 1.82) is 0 Å². The molecule has 0 aliphatic heterocycles. The maximum Gasteiger partial charge on any atom is 0.122 e. The van der Waals surface area contributed by atoms with E-state index >= 15 is 0 Å². The molecule has 0 aromatic heterocycles. The maximum absolute atomic E-state index is 5.36. The largest absolute Gasteiger partial charge is 0.496 e. The second-order valence-corrected chi connectivity index (χ2v) is 4.46. The van der Waals surface area contributed by atoms with Gasteiger partial charge in [0.25, 0.3) is 0 Å². The number of benzene rings is 1. The monoisotopic (exact) mass is 239 g/mol. The fourth-order valence-electron chi connectivity index (χ4n) is 1.70. The lowest BCUT2D eigenvalue weighted by Crippen LogP contribution is -2.14. The summed E-state index contributed by atoms with van der Waals surface area (Å²) in [4.78, 5) is 0. The Balaban J connectivity index is 2.77. The Kier molecular flexibility index (Phi) is 5.71. The number of hydrogen-bond donors (Lipinski definition) is 2. The Morgan fingerprint density at radius 1 is 1.38 bits per heavy atom. The van der Waals surface area contributed by atoms with Crippen molar-refractivity contribution in [2.75, 3.05) is 19.5 Å². The zero-order chi connectivity index (χ0) is 12.0. The summed E-state index contributed by atoms with van der Waals surface area (Å²) in [5.41, 5.74) is 2.63. The third-order valence-corrected chi connectivity index (χ3v) is 2.84. The lowest BCUT2D eigenvalue weighted by atomic mass is 9.98. The summed E-state index contributed by atoms with van der Waals surface area (Å²) in [5, 5.41) is 3.21. The highest BCUT2D eigenvalue weighted by molar-refractivity contribution is 7.80. The molecule has 0 saturated carbocycles. The van der Waals surface area contributed by atoms with Crippen LogP contribution in [-0.2, 0) is 6.42 Å². The molecule has 0 aliphatic carbocycles. The molecule has 1 N–H and O–H groups in total. The Labute approximate surface area is 104 Å². The van der Waals surface area contributed by atoms with Crippen LogP contribution in [0.25, 0.3) is 0 Å². The summed E-state index contributed by atoms with van der Waals surface area (Å²) in [6, 6.07) is 6.43. The van der Waals surface area contributed by atoms with E-state index in [9.17, 15) is 0 Å².